The van der Waals surface area contributed by atoms with Gasteiger partial charge in [0.15, 0.2) is 18.2 Å². The first kappa shape index (κ1) is 18.9. The van der Waals surface area contributed by atoms with E-state index in [1.165, 1.54) is 6.26 Å². The van der Waals surface area contributed by atoms with Crippen molar-refractivity contribution in [1.29, 1.82) is 0 Å². The minimum absolute atomic E-state index is 0.0851. The summed E-state index contributed by atoms with van der Waals surface area (Å²) in [5, 5.41) is -0.360. The van der Waals surface area contributed by atoms with Gasteiger partial charge in [-0.25, -0.2) is 8.42 Å². The van der Waals surface area contributed by atoms with Crippen molar-refractivity contribution in [1.82, 2.24) is 0 Å². The molecule has 0 aromatic rings. The minimum atomic E-state index is -3.10. The van der Waals surface area contributed by atoms with Crippen LogP contribution in [-0.2, 0) is 14.3 Å². The maximum atomic E-state index is 11.9. The first-order valence-electron chi connectivity index (χ1n) is 6.80. The monoisotopic (exact) mass is 306 g/mol. The maximum absolute atomic E-state index is 11.9. The molecule has 0 aliphatic rings. The average Bonchev–Trinajstić information content (AvgIpc) is 2.13. The van der Waals surface area contributed by atoms with Gasteiger partial charge in [0.05, 0.1) is 11.4 Å². The molecule has 0 rings (SSSR count). The molecular weight excluding hydrogens is 276 g/mol. The van der Waals surface area contributed by atoms with Crippen LogP contribution in [0.5, 0.6) is 0 Å². The Balaban J connectivity index is 5.03. The molecule has 0 aliphatic carbocycles. The van der Waals surface area contributed by atoms with Crippen LogP contribution in [0.1, 0.15) is 40.5 Å². The summed E-state index contributed by atoms with van der Waals surface area (Å²) >= 11 is 0. The molecular formula is C14H30O3SSi. The van der Waals surface area contributed by atoms with Crippen molar-refractivity contribution >= 4 is 18.2 Å². The van der Waals surface area contributed by atoms with Crippen LogP contribution in [0.3, 0.4) is 0 Å². The Kier molecular flexibility index (Phi) is 6.50. The Morgan fingerprint density at radius 3 is 2.11 bits per heavy atom. The molecule has 3 nitrogen and oxygen atoms in total. The lowest BCUT2D eigenvalue weighted by molar-refractivity contribution is 0.189. The second-order valence-corrected chi connectivity index (χ2v) is 13.8. The highest BCUT2D eigenvalue weighted by molar-refractivity contribution is 7.91. The number of allylic oxidation sites excluding steroid dienone is 1. The van der Waals surface area contributed by atoms with Crippen molar-refractivity contribution < 1.29 is 12.8 Å². The third-order valence-electron chi connectivity index (χ3n) is 4.02. The third-order valence-corrected chi connectivity index (χ3v) is 10.3. The van der Waals surface area contributed by atoms with Gasteiger partial charge in [-0.1, -0.05) is 26.8 Å². The van der Waals surface area contributed by atoms with Gasteiger partial charge in [0, 0.05) is 6.26 Å². The smallest absolute Gasteiger partial charge is 0.192 e. The van der Waals surface area contributed by atoms with Gasteiger partial charge in [-0.15, -0.1) is 6.58 Å². The van der Waals surface area contributed by atoms with E-state index in [1.54, 1.807) is 6.08 Å². The van der Waals surface area contributed by atoms with E-state index < -0.39 is 23.4 Å². The van der Waals surface area contributed by atoms with Gasteiger partial charge < -0.3 is 4.43 Å². The van der Waals surface area contributed by atoms with Crippen molar-refractivity contribution in [2.75, 3.05) is 6.26 Å². The SMILES string of the molecule is C=CCCC(C(C)O[Si](C)(C)C(C)(C)C)S(C)(=O)=O. The largest absolute Gasteiger partial charge is 0.413 e. The molecule has 0 aromatic carbocycles. The third kappa shape index (κ3) is 5.79. The van der Waals surface area contributed by atoms with E-state index in [2.05, 4.69) is 40.4 Å². The van der Waals surface area contributed by atoms with Gasteiger partial charge in [-0.05, 0) is 37.9 Å². The molecule has 0 saturated carbocycles. The van der Waals surface area contributed by atoms with E-state index in [0.717, 1.165) is 0 Å². The summed E-state index contributed by atoms with van der Waals surface area (Å²) in [6, 6.07) is 0. The van der Waals surface area contributed by atoms with Gasteiger partial charge in [0.25, 0.3) is 0 Å². The van der Waals surface area contributed by atoms with E-state index in [1.807, 2.05) is 6.92 Å². The highest BCUT2D eigenvalue weighted by Gasteiger charge is 2.41. The fourth-order valence-corrected chi connectivity index (χ4v) is 4.66. The minimum Gasteiger partial charge on any atom is -0.413 e. The fourth-order valence-electron chi connectivity index (χ4n) is 1.80. The maximum Gasteiger partial charge on any atom is 0.192 e. The lowest BCUT2D eigenvalue weighted by Gasteiger charge is -2.40. The Hall–Kier alpha value is -0.133. The molecule has 0 amide bonds. The fraction of sp³-hybridized carbons (Fsp3) is 0.857. The summed E-state index contributed by atoms with van der Waals surface area (Å²) in [5.41, 5.74) is 0. The second kappa shape index (κ2) is 6.55. The molecule has 0 spiro atoms. The molecule has 19 heavy (non-hydrogen) atoms. The lowest BCUT2D eigenvalue weighted by Crippen LogP contribution is -2.47. The molecule has 2 unspecified atom stereocenters. The van der Waals surface area contributed by atoms with Crippen molar-refractivity contribution in [2.24, 2.45) is 0 Å². The van der Waals surface area contributed by atoms with E-state index >= 15 is 0 Å². The predicted molar refractivity (Wildman–Crippen MR) is 85.8 cm³/mol. The van der Waals surface area contributed by atoms with E-state index in [0.29, 0.717) is 12.8 Å². The quantitative estimate of drug-likeness (QED) is 0.531. The van der Waals surface area contributed by atoms with E-state index in [-0.39, 0.29) is 11.1 Å². The van der Waals surface area contributed by atoms with Crippen molar-refractivity contribution in [3.05, 3.63) is 12.7 Å². The number of hydrogen-bond donors (Lipinski definition) is 0. The Labute approximate surface area is 120 Å². The number of sulfone groups is 1. The summed E-state index contributed by atoms with van der Waals surface area (Å²) < 4.78 is 30.0. The molecule has 0 radical (unpaired) electrons. The summed E-state index contributed by atoms with van der Waals surface area (Å²) in [6.07, 6.45) is 4.07. The molecule has 0 fully saturated rings. The first-order valence-corrected chi connectivity index (χ1v) is 11.7. The van der Waals surface area contributed by atoms with Crippen LogP contribution in [0.2, 0.25) is 18.1 Å². The zero-order valence-electron chi connectivity index (χ0n) is 13.5. The second-order valence-electron chi connectivity index (χ2n) is 6.82. The van der Waals surface area contributed by atoms with Crippen LogP contribution in [-0.4, -0.2) is 34.3 Å². The molecule has 0 aromatic heterocycles. The average molecular weight is 307 g/mol. The molecule has 5 heteroatoms. The molecule has 2 atom stereocenters. The van der Waals surface area contributed by atoms with Gasteiger partial charge in [0.1, 0.15) is 0 Å². The van der Waals surface area contributed by atoms with E-state index in [4.69, 9.17) is 4.43 Å². The topological polar surface area (TPSA) is 43.4 Å². The molecule has 0 bridgehead atoms. The zero-order chi connectivity index (χ0) is 15.5. The molecule has 114 valence electrons. The van der Waals surface area contributed by atoms with Gasteiger partial charge >= 0.3 is 0 Å². The summed E-state index contributed by atoms with van der Waals surface area (Å²) in [5.74, 6) is 0. The Morgan fingerprint density at radius 2 is 1.79 bits per heavy atom. The standard InChI is InChI=1S/C14H30O3SSi/c1-9-10-11-13(18(6,15)16)12(2)17-19(7,8)14(3,4)5/h9,12-13H,1,10-11H2,2-8H3. The number of hydrogen-bond acceptors (Lipinski definition) is 3. The Bertz CT molecular complexity index is 393. The number of rotatable bonds is 7. The van der Waals surface area contributed by atoms with Crippen LogP contribution in [0.25, 0.3) is 0 Å². The van der Waals surface area contributed by atoms with Crippen LogP contribution >= 0.6 is 0 Å². The highest BCUT2D eigenvalue weighted by Crippen LogP contribution is 2.38. The summed E-state index contributed by atoms with van der Waals surface area (Å²) in [7, 11) is -5.04. The normalized spacial score (nSPS) is 17.0. The van der Waals surface area contributed by atoms with E-state index in [9.17, 15) is 8.42 Å². The van der Waals surface area contributed by atoms with Gasteiger partial charge in [-0.3, -0.25) is 0 Å². The van der Waals surface area contributed by atoms with Crippen LogP contribution in [0.15, 0.2) is 12.7 Å². The van der Waals surface area contributed by atoms with Crippen molar-refractivity contribution in [3.63, 3.8) is 0 Å². The summed E-state index contributed by atoms with van der Waals surface area (Å²) in [4.78, 5) is 0. The van der Waals surface area contributed by atoms with Gasteiger partial charge in [0.2, 0.25) is 0 Å². The van der Waals surface area contributed by atoms with Crippen LogP contribution < -0.4 is 0 Å². The van der Waals surface area contributed by atoms with Crippen LogP contribution in [0, 0.1) is 0 Å². The van der Waals surface area contributed by atoms with Crippen LogP contribution in [0.4, 0.5) is 0 Å². The molecule has 0 saturated heterocycles. The predicted octanol–water partition coefficient (Wildman–Crippen LogP) is 3.78. The van der Waals surface area contributed by atoms with Gasteiger partial charge in [-0.2, -0.15) is 0 Å². The summed E-state index contributed by atoms with van der Waals surface area (Å²) in [6.45, 7) is 16.3. The lowest BCUT2D eigenvalue weighted by atomic mass is 10.1. The zero-order valence-corrected chi connectivity index (χ0v) is 15.3. The van der Waals surface area contributed by atoms with Crippen molar-refractivity contribution in [2.45, 2.75) is 70.0 Å². The van der Waals surface area contributed by atoms with Crippen molar-refractivity contribution in [3.8, 4) is 0 Å². The molecule has 0 aliphatic heterocycles. The molecule has 0 heterocycles. The Morgan fingerprint density at radius 1 is 1.32 bits per heavy atom. The molecule has 0 N–H and O–H groups in total. The highest BCUT2D eigenvalue weighted by atomic mass is 32.2. The first-order chi connectivity index (χ1) is 8.33.